The van der Waals surface area contributed by atoms with Gasteiger partial charge in [-0.1, -0.05) is 6.07 Å². The first-order valence-electron chi connectivity index (χ1n) is 5.36. The first-order chi connectivity index (χ1) is 8.38. The zero-order valence-corrected chi connectivity index (χ0v) is 9.96. The molecular weight excluding hydrogens is 236 g/mol. The van der Waals surface area contributed by atoms with Crippen LogP contribution in [0.15, 0.2) is 17.5 Å². The highest BCUT2D eigenvalue weighted by Crippen LogP contribution is 2.27. The molecule has 0 unspecified atom stereocenters. The maximum atomic E-state index is 5.50. The minimum Gasteiger partial charge on any atom is -0.376 e. The van der Waals surface area contributed by atoms with E-state index in [0.717, 1.165) is 28.4 Å². The fourth-order valence-corrected chi connectivity index (χ4v) is 2.52. The van der Waals surface area contributed by atoms with Crippen LogP contribution in [0.1, 0.15) is 11.3 Å². The van der Waals surface area contributed by atoms with Crippen LogP contribution in [0.3, 0.4) is 0 Å². The zero-order valence-electron chi connectivity index (χ0n) is 9.14. The van der Waals surface area contributed by atoms with Crippen molar-refractivity contribution in [2.45, 2.75) is 13.0 Å². The highest BCUT2D eigenvalue weighted by atomic mass is 32.1. The third-order valence-electron chi connectivity index (χ3n) is 2.70. The molecule has 17 heavy (non-hydrogen) atoms. The Bertz CT molecular complexity index is 509. The summed E-state index contributed by atoms with van der Waals surface area (Å²) in [6.45, 7) is 1.23. The van der Waals surface area contributed by atoms with Crippen LogP contribution in [0.25, 0.3) is 10.7 Å². The number of nitrogens with one attached hydrogen (secondary N) is 1. The number of hydrogen-bond donors (Lipinski definition) is 2. The van der Waals surface area contributed by atoms with Crippen LogP contribution in [0.2, 0.25) is 0 Å². The second-order valence-electron chi connectivity index (χ2n) is 3.75. The van der Waals surface area contributed by atoms with Gasteiger partial charge in [-0.05, 0) is 11.4 Å². The van der Waals surface area contributed by atoms with Crippen molar-refractivity contribution >= 4 is 17.2 Å². The molecule has 2 aromatic heterocycles. The molecule has 0 aromatic carbocycles. The summed E-state index contributed by atoms with van der Waals surface area (Å²) >= 11 is 1.62. The molecule has 6 heteroatoms. The summed E-state index contributed by atoms with van der Waals surface area (Å²) in [5, 5.41) is 2.01. The number of nitrogens with two attached hydrogens (primary N) is 1. The summed E-state index contributed by atoms with van der Waals surface area (Å²) in [4.78, 5) is 10.1. The first kappa shape index (κ1) is 10.6. The van der Waals surface area contributed by atoms with Crippen LogP contribution in [0, 0.1) is 0 Å². The largest absolute Gasteiger partial charge is 0.376 e. The molecule has 0 saturated heterocycles. The van der Waals surface area contributed by atoms with Gasteiger partial charge in [-0.3, -0.25) is 0 Å². The average Bonchev–Trinajstić information content (AvgIpc) is 2.91. The van der Waals surface area contributed by atoms with E-state index in [1.54, 1.807) is 11.3 Å². The molecule has 0 radical (unpaired) electrons. The molecule has 3 heterocycles. The van der Waals surface area contributed by atoms with E-state index < -0.39 is 0 Å². The number of thiophene rings is 1. The van der Waals surface area contributed by atoms with E-state index in [-0.39, 0.29) is 0 Å². The van der Waals surface area contributed by atoms with E-state index >= 15 is 0 Å². The second kappa shape index (κ2) is 4.40. The maximum Gasteiger partial charge on any atom is 0.171 e. The van der Waals surface area contributed by atoms with Gasteiger partial charge in [0.2, 0.25) is 0 Å². The smallest absolute Gasteiger partial charge is 0.171 e. The fraction of sp³-hybridized carbons (Fsp3) is 0.273. The topological polar surface area (TPSA) is 73.1 Å². The highest BCUT2D eigenvalue weighted by Gasteiger charge is 2.18. The normalized spacial score (nSPS) is 14.4. The van der Waals surface area contributed by atoms with Gasteiger partial charge in [-0.2, -0.15) is 0 Å². The quantitative estimate of drug-likeness (QED) is 0.623. The average molecular weight is 248 g/mol. The summed E-state index contributed by atoms with van der Waals surface area (Å²) < 4.78 is 5.40. The van der Waals surface area contributed by atoms with E-state index in [4.69, 9.17) is 10.6 Å². The third kappa shape index (κ3) is 1.90. The third-order valence-corrected chi connectivity index (χ3v) is 3.57. The standard InChI is InChI=1S/C11H12N4OS/c12-15-10-7-6-16-4-3-8(7)13-11(14-10)9-2-1-5-17-9/h1-2,5H,3-4,6,12H2,(H,13,14,15). The molecule has 88 valence electrons. The van der Waals surface area contributed by atoms with Crippen molar-refractivity contribution in [2.75, 3.05) is 12.0 Å². The number of anilines is 1. The first-order valence-corrected chi connectivity index (χ1v) is 6.24. The summed E-state index contributed by atoms with van der Waals surface area (Å²) in [5.74, 6) is 6.90. The molecule has 1 aliphatic rings. The molecule has 0 bridgehead atoms. The predicted molar refractivity (Wildman–Crippen MR) is 66.5 cm³/mol. The van der Waals surface area contributed by atoms with E-state index in [2.05, 4.69) is 15.4 Å². The van der Waals surface area contributed by atoms with Gasteiger partial charge in [0.15, 0.2) is 5.82 Å². The summed E-state index contributed by atoms with van der Waals surface area (Å²) in [6.07, 6.45) is 0.810. The Balaban J connectivity index is 2.12. The number of rotatable bonds is 2. The molecule has 0 amide bonds. The van der Waals surface area contributed by atoms with Gasteiger partial charge < -0.3 is 10.2 Å². The number of fused-ring (bicyclic) bond motifs is 1. The monoisotopic (exact) mass is 248 g/mol. The summed E-state index contributed by atoms with van der Waals surface area (Å²) in [7, 11) is 0. The Morgan fingerprint density at radius 1 is 1.41 bits per heavy atom. The number of nitrogen functional groups attached to an aromatic ring is 1. The molecule has 3 rings (SSSR count). The highest BCUT2D eigenvalue weighted by molar-refractivity contribution is 7.13. The minimum absolute atomic E-state index is 0.527. The lowest BCUT2D eigenvalue weighted by atomic mass is 10.1. The number of ether oxygens (including phenoxy) is 1. The van der Waals surface area contributed by atoms with Gasteiger partial charge in [-0.15, -0.1) is 11.3 Å². The van der Waals surface area contributed by atoms with Crippen molar-refractivity contribution < 1.29 is 4.74 Å². The van der Waals surface area contributed by atoms with Crippen molar-refractivity contribution in [3.8, 4) is 10.7 Å². The zero-order chi connectivity index (χ0) is 11.7. The van der Waals surface area contributed by atoms with Gasteiger partial charge in [0.25, 0.3) is 0 Å². The molecule has 3 N–H and O–H groups in total. The van der Waals surface area contributed by atoms with Crippen LogP contribution in [0.4, 0.5) is 5.82 Å². The molecule has 0 saturated carbocycles. The Kier molecular flexibility index (Phi) is 2.76. The molecule has 5 nitrogen and oxygen atoms in total. The van der Waals surface area contributed by atoms with Crippen LogP contribution < -0.4 is 11.3 Å². The Labute approximate surface area is 103 Å². The van der Waals surface area contributed by atoms with Crippen LogP contribution in [-0.4, -0.2) is 16.6 Å². The van der Waals surface area contributed by atoms with E-state index in [9.17, 15) is 0 Å². The second-order valence-corrected chi connectivity index (χ2v) is 4.69. The SMILES string of the molecule is NNc1nc(-c2cccs2)nc2c1COCC2. The molecule has 0 spiro atoms. The van der Waals surface area contributed by atoms with Crippen LogP contribution >= 0.6 is 11.3 Å². The molecular formula is C11H12N4OS. The summed E-state index contributed by atoms with van der Waals surface area (Å²) in [5.41, 5.74) is 4.63. The van der Waals surface area contributed by atoms with Crippen molar-refractivity contribution in [1.82, 2.24) is 9.97 Å². The van der Waals surface area contributed by atoms with Crippen molar-refractivity contribution in [3.05, 3.63) is 28.8 Å². The van der Waals surface area contributed by atoms with Crippen LogP contribution in [0.5, 0.6) is 0 Å². The lowest BCUT2D eigenvalue weighted by molar-refractivity contribution is 0.109. The number of hydrazine groups is 1. The van der Waals surface area contributed by atoms with Crippen molar-refractivity contribution in [1.29, 1.82) is 0 Å². The van der Waals surface area contributed by atoms with Crippen LogP contribution in [-0.2, 0) is 17.8 Å². The molecule has 0 fully saturated rings. The lowest BCUT2D eigenvalue weighted by Gasteiger charge is -2.18. The van der Waals surface area contributed by atoms with E-state index in [0.29, 0.717) is 19.0 Å². The lowest BCUT2D eigenvalue weighted by Crippen LogP contribution is -2.19. The van der Waals surface area contributed by atoms with Gasteiger partial charge in [0.05, 0.1) is 23.8 Å². The molecule has 2 aromatic rings. The van der Waals surface area contributed by atoms with E-state index in [1.807, 2.05) is 17.5 Å². The van der Waals surface area contributed by atoms with Gasteiger partial charge >= 0.3 is 0 Å². The molecule has 0 atom stereocenters. The van der Waals surface area contributed by atoms with Crippen molar-refractivity contribution in [2.24, 2.45) is 5.84 Å². The molecule has 0 aliphatic carbocycles. The van der Waals surface area contributed by atoms with Gasteiger partial charge in [0.1, 0.15) is 5.82 Å². The maximum absolute atomic E-state index is 5.50. The number of nitrogens with zero attached hydrogens (tertiary/aromatic N) is 2. The Hall–Kier alpha value is -1.50. The van der Waals surface area contributed by atoms with E-state index in [1.165, 1.54) is 0 Å². The van der Waals surface area contributed by atoms with Crippen molar-refractivity contribution in [3.63, 3.8) is 0 Å². The Morgan fingerprint density at radius 2 is 2.35 bits per heavy atom. The van der Waals surface area contributed by atoms with Gasteiger partial charge in [-0.25, -0.2) is 15.8 Å². The Morgan fingerprint density at radius 3 is 3.12 bits per heavy atom. The number of aromatic nitrogens is 2. The minimum atomic E-state index is 0.527. The summed E-state index contributed by atoms with van der Waals surface area (Å²) in [6, 6.07) is 3.99. The molecule has 1 aliphatic heterocycles. The predicted octanol–water partition coefficient (Wildman–Crippen LogP) is 1.56. The van der Waals surface area contributed by atoms with Gasteiger partial charge in [0, 0.05) is 12.0 Å². The fourth-order valence-electron chi connectivity index (χ4n) is 1.87. The number of hydrogen-bond acceptors (Lipinski definition) is 6.